The van der Waals surface area contributed by atoms with Crippen molar-refractivity contribution in [2.24, 2.45) is 0 Å². The van der Waals surface area contributed by atoms with Gasteiger partial charge in [-0.15, -0.1) is 0 Å². The van der Waals surface area contributed by atoms with E-state index in [0.29, 0.717) is 27.1 Å². The molecule has 2 aromatic carbocycles. The van der Waals surface area contributed by atoms with Crippen molar-refractivity contribution >= 4 is 43.2 Å². The standard InChI is InChI=1S/C16H10Cl2F2N2O2S/c1-24-14-6-10(16(19)20)12(17)5-11(14)15-9-3-2-8(25(18)23)4-13(9)21-7-22-15/h2-7,16H,1H3. The van der Waals surface area contributed by atoms with Crippen molar-refractivity contribution in [3.8, 4) is 17.0 Å². The van der Waals surface area contributed by atoms with Crippen molar-refractivity contribution in [1.29, 1.82) is 0 Å². The molecule has 3 rings (SSSR count). The summed E-state index contributed by atoms with van der Waals surface area (Å²) in [6.45, 7) is 0. The Bertz CT molecular complexity index is 986. The maximum atomic E-state index is 13.0. The quantitative estimate of drug-likeness (QED) is 0.565. The fourth-order valence-corrected chi connectivity index (χ4v) is 3.35. The first-order chi connectivity index (χ1) is 11.9. The molecule has 0 fully saturated rings. The molecular formula is C16H10Cl2F2N2O2S. The van der Waals surface area contributed by atoms with Crippen LogP contribution in [0.25, 0.3) is 22.2 Å². The van der Waals surface area contributed by atoms with Crippen LogP contribution in [0.4, 0.5) is 8.78 Å². The number of hydrogen-bond acceptors (Lipinski definition) is 4. The summed E-state index contributed by atoms with van der Waals surface area (Å²) < 4.78 is 42.7. The second-order valence-corrected chi connectivity index (χ2v) is 7.17. The number of hydrogen-bond donors (Lipinski definition) is 0. The van der Waals surface area contributed by atoms with Crippen LogP contribution in [-0.2, 0) is 10.0 Å². The van der Waals surface area contributed by atoms with E-state index < -0.39 is 16.4 Å². The van der Waals surface area contributed by atoms with Gasteiger partial charge in [0.2, 0.25) is 0 Å². The van der Waals surface area contributed by atoms with E-state index in [1.165, 1.54) is 25.6 Å². The summed E-state index contributed by atoms with van der Waals surface area (Å²) in [7, 11) is 5.30. The van der Waals surface area contributed by atoms with Crippen LogP contribution in [0.2, 0.25) is 5.02 Å². The molecule has 9 heteroatoms. The fourth-order valence-electron chi connectivity index (χ4n) is 2.44. The van der Waals surface area contributed by atoms with Crippen molar-refractivity contribution in [3.63, 3.8) is 0 Å². The van der Waals surface area contributed by atoms with Gasteiger partial charge in [0.15, 0.2) is 0 Å². The molecule has 1 atom stereocenters. The zero-order valence-electron chi connectivity index (χ0n) is 12.7. The van der Waals surface area contributed by atoms with Gasteiger partial charge in [0, 0.05) is 16.5 Å². The number of halogens is 4. The molecule has 130 valence electrons. The summed E-state index contributed by atoms with van der Waals surface area (Å²) in [5.41, 5.74) is 1.09. The molecule has 1 heterocycles. The van der Waals surface area contributed by atoms with E-state index in [2.05, 4.69) is 9.97 Å². The van der Waals surface area contributed by atoms with Gasteiger partial charge in [-0.3, -0.25) is 0 Å². The number of benzene rings is 2. The monoisotopic (exact) mass is 402 g/mol. The van der Waals surface area contributed by atoms with Crippen LogP contribution in [0.15, 0.2) is 41.6 Å². The van der Waals surface area contributed by atoms with Crippen LogP contribution in [0.1, 0.15) is 12.0 Å². The third-order valence-corrected chi connectivity index (χ3v) is 5.09. The number of methoxy groups -OCH3 is 1. The first-order valence-electron chi connectivity index (χ1n) is 6.91. The van der Waals surface area contributed by atoms with Crippen LogP contribution in [0, 0.1) is 0 Å². The van der Waals surface area contributed by atoms with Crippen molar-refractivity contribution in [2.75, 3.05) is 7.11 Å². The van der Waals surface area contributed by atoms with Crippen LogP contribution in [-0.4, -0.2) is 21.3 Å². The minimum Gasteiger partial charge on any atom is -0.496 e. The van der Waals surface area contributed by atoms with Crippen LogP contribution in [0.3, 0.4) is 0 Å². The number of fused-ring (bicyclic) bond motifs is 1. The highest BCUT2D eigenvalue weighted by atomic mass is 35.7. The van der Waals surface area contributed by atoms with Gasteiger partial charge >= 0.3 is 0 Å². The summed E-state index contributed by atoms with van der Waals surface area (Å²) in [6.07, 6.45) is -1.41. The summed E-state index contributed by atoms with van der Waals surface area (Å²) in [4.78, 5) is 8.77. The molecule has 0 saturated carbocycles. The van der Waals surface area contributed by atoms with Crippen molar-refractivity contribution in [3.05, 3.63) is 47.2 Å². The molecule has 0 amide bonds. The molecule has 3 aromatic rings. The lowest BCUT2D eigenvalue weighted by Crippen LogP contribution is -1.96. The van der Waals surface area contributed by atoms with Crippen LogP contribution >= 0.6 is 22.3 Å². The fraction of sp³-hybridized carbons (Fsp3) is 0.125. The van der Waals surface area contributed by atoms with Crippen LogP contribution in [0.5, 0.6) is 5.75 Å². The Morgan fingerprint density at radius 1 is 1.20 bits per heavy atom. The molecule has 0 bridgehead atoms. The number of nitrogens with zero attached hydrogens (tertiary/aromatic N) is 2. The van der Waals surface area contributed by atoms with Gasteiger partial charge in [-0.1, -0.05) is 11.6 Å². The van der Waals surface area contributed by atoms with Crippen LogP contribution < -0.4 is 4.74 Å². The van der Waals surface area contributed by atoms with Gasteiger partial charge in [-0.2, -0.15) is 0 Å². The van der Waals surface area contributed by atoms with E-state index in [4.69, 9.17) is 27.0 Å². The Labute approximate surface area is 153 Å². The minimum atomic E-state index is -2.72. The molecule has 0 saturated heterocycles. The van der Waals surface area contributed by atoms with Gasteiger partial charge in [-0.25, -0.2) is 23.0 Å². The third kappa shape index (κ3) is 3.44. The highest BCUT2D eigenvalue weighted by Crippen LogP contribution is 2.39. The SMILES string of the molecule is COc1cc(C(F)F)c(Cl)cc1-c1ncnc2cc(S(=O)Cl)ccc12. The molecule has 0 spiro atoms. The maximum Gasteiger partial charge on any atom is 0.265 e. The average Bonchev–Trinajstić information content (AvgIpc) is 2.60. The van der Waals surface area contributed by atoms with Crippen molar-refractivity contribution < 1.29 is 17.7 Å². The molecule has 1 aromatic heterocycles. The minimum absolute atomic E-state index is 0.0870. The maximum absolute atomic E-state index is 13.0. The van der Waals surface area contributed by atoms with E-state index >= 15 is 0 Å². The topological polar surface area (TPSA) is 52.1 Å². The smallest absolute Gasteiger partial charge is 0.265 e. The van der Waals surface area contributed by atoms with E-state index in [0.717, 1.165) is 0 Å². The van der Waals surface area contributed by atoms with E-state index in [1.807, 2.05) is 0 Å². The second kappa shape index (κ2) is 7.19. The average molecular weight is 403 g/mol. The van der Waals surface area contributed by atoms with Gasteiger partial charge in [0.25, 0.3) is 6.43 Å². The Morgan fingerprint density at radius 2 is 1.96 bits per heavy atom. The molecule has 25 heavy (non-hydrogen) atoms. The molecular weight excluding hydrogens is 393 g/mol. The highest BCUT2D eigenvalue weighted by Gasteiger charge is 2.19. The predicted molar refractivity (Wildman–Crippen MR) is 93.8 cm³/mol. The highest BCUT2D eigenvalue weighted by molar-refractivity contribution is 8.08. The Kier molecular flexibility index (Phi) is 5.17. The zero-order chi connectivity index (χ0) is 18.1. The van der Waals surface area contributed by atoms with Gasteiger partial charge in [-0.05, 0) is 41.0 Å². The lowest BCUT2D eigenvalue weighted by Gasteiger charge is -2.13. The largest absolute Gasteiger partial charge is 0.496 e. The Balaban J connectivity index is 2.26. The Morgan fingerprint density at radius 3 is 2.60 bits per heavy atom. The molecule has 0 aliphatic heterocycles. The molecule has 0 aliphatic carbocycles. The summed E-state index contributed by atoms with van der Waals surface area (Å²) >= 11 is 5.98. The second-order valence-electron chi connectivity index (χ2n) is 5.00. The van der Waals surface area contributed by atoms with E-state index in [9.17, 15) is 13.0 Å². The number of aromatic nitrogens is 2. The zero-order valence-corrected chi connectivity index (χ0v) is 15.0. The summed E-state index contributed by atoms with van der Waals surface area (Å²) in [6, 6.07) is 7.40. The summed E-state index contributed by atoms with van der Waals surface area (Å²) in [5, 5.41) is 0.531. The van der Waals surface area contributed by atoms with E-state index in [-0.39, 0.29) is 16.3 Å². The lowest BCUT2D eigenvalue weighted by molar-refractivity contribution is 0.151. The molecule has 0 aliphatic rings. The van der Waals surface area contributed by atoms with Gasteiger partial charge in [0.1, 0.15) is 22.1 Å². The number of ether oxygens (including phenoxy) is 1. The normalized spacial score (nSPS) is 12.6. The van der Waals surface area contributed by atoms with Crippen molar-refractivity contribution in [2.45, 2.75) is 11.3 Å². The molecule has 4 nitrogen and oxygen atoms in total. The third-order valence-electron chi connectivity index (χ3n) is 3.60. The molecule has 0 N–H and O–H groups in total. The first kappa shape index (κ1) is 18.0. The van der Waals surface area contributed by atoms with E-state index in [1.54, 1.807) is 18.2 Å². The Hall–Kier alpha value is -1.83. The predicted octanol–water partition coefficient (Wildman–Crippen LogP) is 5.16. The number of rotatable bonds is 4. The molecule has 0 radical (unpaired) electrons. The first-order valence-corrected chi connectivity index (χ1v) is 9.26. The summed E-state index contributed by atoms with van der Waals surface area (Å²) in [5.74, 6) is 0.213. The number of alkyl halides is 2. The van der Waals surface area contributed by atoms with Gasteiger partial charge < -0.3 is 4.74 Å². The molecule has 1 unspecified atom stereocenters. The van der Waals surface area contributed by atoms with Crippen molar-refractivity contribution in [1.82, 2.24) is 9.97 Å². The van der Waals surface area contributed by atoms with Gasteiger partial charge in [0.05, 0.1) is 28.2 Å². The lowest BCUT2D eigenvalue weighted by atomic mass is 10.0.